The van der Waals surface area contributed by atoms with Crippen molar-refractivity contribution in [3.8, 4) is 5.75 Å². The summed E-state index contributed by atoms with van der Waals surface area (Å²) < 4.78 is 13.5. The molecular formula is C21H22FN2O+. The molecule has 0 aliphatic carbocycles. The molecule has 0 spiro atoms. The van der Waals surface area contributed by atoms with Crippen LogP contribution < -0.4 is 4.90 Å². The number of nitrogens with zero attached hydrogens (tertiary/aromatic N) is 1. The molecule has 3 rings (SSSR count). The van der Waals surface area contributed by atoms with Gasteiger partial charge in [-0.3, -0.25) is 4.99 Å². The second kappa shape index (κ2) is 7.45. The summed E-state index contributed by atoms with van der Waals surface area (Å²) in [5, 5.41) is 12.2. The number of phenolic OH excluding ortho intramolecular Hbond substituents is 1. The second-order valence-electron chi connectivity index (χ2n) is 6.40. The van der Waals surface area contributed by atoms with E-state index >= 15 is 0 Å². The van der Waals surface area contributed by atoms with Crippen LogP contribution in [0.1, 0.15) is 17.2 Å². The number of hydrogen-bond acceptors (Lipinski definition) is 2. The Kier molecular flexibility index (Phi) is 5.10. The van der Waals surface area contributed by atoms with Crippen molar-refractivity contribution in [3.05, 3.63) is 77.6 Å². The van der Waals surface area contributed by atoms with Crippen LogP contribution in [0.2, 0.25) is 0 Å². The average molecular weight is 337 g/mol. The predicted molar refractivity (Wildman–Crippen MR) is 100 cm³/mol. The van der Waals surface area contributed by atoms with E-state index in [9.17, 15) is 9.50 Å². The minimum atomic E-state index is -0.237. The van der Waals surface area contributed by atoms with Crippen molar-refractivity contribution < 1.29 is 14.4 Å². The summed E-state index contributed by atoms with van der Waals surface area (Å²) in [6.45, 7) is 0.508. The molecule has 0 fully saturated rings. The van der Waals surface area contributed by atoms with Crippen molar-refractivity contribution in [2.45, 2.75) is 6.04 Å². The lowest BCUT2D eigenvalue weighted by Crippen LogP contribution is -3.06. The number of quaternary nitrogens is 1. The molecule has 25 heavy (non-hydrogen) atoms. The minimum absolute atomic E-state index is 0.0454. The van der Waals surface area contributed by atoms with Crippen LogP contribution in [0.4, 0.5) is 4.39 Å². The summed E-state index contributed by atoms with van der Waals surface area (Å²) >= 11 is 0. The highest BCUT2D eigenvalue weighted by molar-refractivity contribution is 6.02. The van der Waals surface area contributed by atoms with E-state index in [1.807, 2.05) is 50.5 Å². The highest BCUT2D eigenvalue weighted by Gasteiger charge is 2.17. The molecule has 0 aliphatic heterocycles. The minimum Gasteiger partial charge on any atom is -0.507 e. The zero-order chi connectivity index (χ0) is 17.8. The maximum absolute atomic E-state index is 13.5. The number of fused-ring (bicyclic) bond motifs is 1. The van der Waals surface area contributed by atoms with Gasteiger partial charge in [0, 0.05) is 17.3 Å². The van der Waals surface area contributed by atoms with Crippen LogP contribution in [0.3, 0.4) is 0 Å². The highest BCUT2D eigenvalue weighted by atomic mass is 19.1. The molecule has 0 radical (unpaired) electrons. The average Bonchev–Trinajstić information content (AvgIpc) is 2.60. The Morgan fingerprint density at radius 2 is 1.88 bits per heavy atom. The lowest BCUT2D eigenvalue weighted by atomic mass is 10.0. The fraction of sp³-hybridized carbons (Fsp3) is 0.190. The lowest BCUT2D eigenvalue weighted by molar-refractivity contribution is -0.890. The van der Waals surface area contributed by atoms with Crippen molar-refractivity contribution in [2.75, 3.05) is 20.6 Å². The van der Waals surface area contributed by atoms with Crippen LogP contribution in [-0.4, -0.2) is 32.0 Å². The molecule has 0 saturated heterocycles. The fourth-order valence-electron chi connectivity index (χ4n) is 3.01. The Labute approximate surface area is 147 Å². The molecule has 2 N–H and O–H groups in total. The van der Waals surface area contributed by atoms with Crippen molar-refractivity contribution in [2.24, 2.45) is 4.99 Å². The third-order valence-corrected chi connectivity index (χ3v) is 4.40. The first kappa shape index (κ1) is 17.1. The third kappa shape index (κ3) is 3.86. The Morgan fingerprint density at radius 3 is 2.64 bits per heavy atom. The normalized spacial score (nSPS) is 13.0. The number of phenols is 1. The summed E-state index contributed by atoms with van der Waals surface area (Å²) in [5.41, 5.74) is 1.63. The fourth-order valence-corrected chi connectivity index (χ4v) is 3.01. The molecule has 0 unspecified atom stereocenters. The topological polar surface area (TPSA) is 37.0 Å². The molecule has 0 aliphatic rings. The van der Waals surface area contributed by atoms with E-state index in [1.165, 1.54) is 11.0 Å². The first-order chi connectivity index (χ1) is 12.1. The van der Waals surface area contributed by atoms with Crippen LogP contribution in [-0.2, 0) is 0 Å². The number of likely N-dealkylation sites (N-methyl/N-ethyl adjacent to an activating group) is 1. The molecule has 128 valence electrons. The number of aliphatic imine (C=N–C) groups is 1. The third-order valence-electron chi connectivity index (χ3n) is 4.40. The monoisotopic (exact) mass is 337 g/mol. The van der Waals surface area contributed by atoms with Crippen molar-refractivity contribution >= 4 is 17.0 Å². The van der Waals surface area contributed by atoms with Crippen molar-refractivity contribution in [1.82, 2.24) is 0 Å². The molecule has 1 atom stereocenters. The summed E-state index contributed by atoms with van der Waals surface area (Å²) in [7, 11) is 4.06. The molecule has 3 nitrogen and oxygen atoms in total. The van der Waals surface area contributed by atoms with Gasteiger partial charge in [0.25, 0.3) is 0 Å². The van der Waals surface area contributed by atoms with Crippen LogP contribution in [0.5, 0.6) is 5.75 Å². The van der Waals surface area contributed by atoms with Gasteiger partial charge >= 0.3 is 0 Å². The highest BCUT2D eigenvalue weighted by Crippen LogP contribution is 2.25. The van der Waals surface area contributed by atoms with Gasteiger partial charge < -0.3 is 10.0 Å². The van der Waals surface area contributed by atoms with Crippen molar-refractivity contribution in [1.29, 1.82) is 0 Å². The number of nitrogens with one attached hydrogen (secondary N) is 1. The van der Waals surface area contributed by atoms with Gasteiger partial charge in [-0.1, -0.05) is 42.5 Å². The predicted octanol–water partition coefficient (Wildman–Crippen LogP) is 2.99. The Bertz CT molecular complexity index is 905. The molecule has 0 aromatic heterocycles. The van der Waals surface area contributed by atoms with E-state index in [2.05, 4.69) is 4.99 Å². The molecule has 0 saturated carbocycles. The zero-order valence-corrected chi connectivity index (χ0v) is 14.4. The number of hydrogen-bond donors (Lipinski definition) is 2. The SMILES string of the molecule is C[NH+](C)[C@@H](CN=Cc1c(O)ccc2ccccc12)c1cccc(F)c1. The zero-order valence-electron chi connectivity index (χ0n) is 14.4. The number of benzene rings is 3. The van der Waals surface area contributed by atoms with Gasteiger partial charge in [0.2, 0.25) is 0 Å². The van der Waals surface area contributed by atoms with Crippen molar-refractivity contribution in [3.63, 3.8) is 0 Å². The van der Waals surface area contributed by atoms with Gasteiger partial charge in [-0.2, -0.15) is 0 Å². The van der Waals surface area contributed by atoms with E-state index < -0.39 is 0 Å². The Balaban J connectivity index is 1.88. The number of aromatic hydroxyl groups is 1. The van der Waals surface area contributed by atoms with Crippen LogP contribution in [0, 0.1) is 5.82 Å². The van der Waals surface area contributed by atoms with Gasteiger partial charge in [-0.15, -0.1) is 0 Å². The lowest BCUT2D eigenvalue weighted by Gasteiger charge is -2.20. The number of halogens is 1. The maximum Gasteiger partial charge on any atom is 0.133 e. The summed E-state index contributed by atoms with van der Waals surface area (Å²) in [5.74, 6) is -0.0265. The molecule has 3 aromatic carbocycles. The number of rotatable bonds is 5. The van der Waals surface area contributed by atoms with E-state index in [4.69, 9.17) is 0 Å². The first-order valence-corrected chi connectivity index (χ1v) is 8.32. The smallest absolute Gasteiger partial charge is 0.133 e. The van der Waals surface area contributed by atoms with Crippen LogP contribution in [0.15, 0.2) is 65.7 Å². The maximum atomic E-state index is 13.5. The molecular weight excluding hydrogens is 315 g/mol. The summed E-state index contributed by atoms with van der Waals surface area (Å²) in [4.78, 5) is 5.72. The largest absolute Gasteiger partial charge is 0.507 e. The summed E-state index contributed by atoms with van der Waals surface area (Å²) in [6, 6.07) is 18.2. The van der Waals surface area contributed by atoms with Crippen LogP contribution >= 0.6 is 0 Å². The van der Waals surface area contributed by atoms with Crippen LogP contribution in [0.25, 0.3) is 10.8 Å². The quantitative estimate of drug-likeness (QED) is 0.690. The Hall–Kier alpha value is -2.72. The first-order valence-electron chi connectivity index (χ1n) is 8.32. The molecule has 4 heteroatoms. The van der Waals surface area contributed by atoms with E-state index in [1.54, 1.807) is 24.4 Å². The van der Waals surface area contributed by atoms with Gasteiger partial charge in [0.05, 0.1) is 20.6 Å². The molecule has 3 aromatic rings. The molecule has 0 heterocycles. The molecule has 0 amide bonds. The molecule has 0 bridgehead atoms. The van der Waals surface area contributed by atoms with Gasteiger partial charge in [0.15, 0.2) is 0 Å². The van der Waals surface area contributed by atoms with E-state index in [0.717, 1.165) is 16.3 Å². The van der Waals surface area contributed by atoms with Gasteiger partial charge in [-0.25, -0.2) is 4.39 Å². The van der Waals surface area contributed by atoms with E-state index in [0.29, 0.717) is 12.1 Å². The van der Waals surface area contributed by atoms with Gasteiger partial charge in [0.1, 0.15) is 17.6 Å². The van der Waals surface area contributed by atoms with Gasteiger partial charge in [-0.05, 0) is 29.0 Å². The Morgan fingerprint density at radius 1 is 1.08 bits per heavy atom. The second-order valence-corrected chi connectivity index (χ2v) is 6.40. The summed E-state index contributed by atoms with van der Waals surface area (Å²) in [6.07, 6.45) is 1.72. The van der Waals surface area contributed by atoms with E-state index in [-0.39, 0.29) is 17.6 Å². The standard InChI is InChI=1S/C21H21FN2O/c1-24(2)20(16-7-5-8-17(22)12-16)14-23-13-19-18-9-4-3-6-15(18)10-11-21(19)25/h3-13,20,25H,14H2,1-2H3/p+1/t20-/m0/s1.